The van der Waals surface area contributed by atoms with Gasteiger partial charge in [0.15, 0.2) is 16.8 Å². The second-order valence-electron chi connectivity index (χ2n) is 7.42. The maximum atomic E-state index is 12.5. The molecular formula is C23H21ClN4O3S. The van der Waals surface area contributed by atoms with Crippen LogP contribution in [0.3, 0.4) is 0 Å². The van der Waals surface area contributed by atoms with Crippen molar-refractivity contribution in [3.05, 3.63) is 59.6 Å². The van der Waals surface area contributed by atoms with Crippen LogP contribution in [0.25, 0.3) is 21.5 Å². The van der Waals surface area contributed by atoms with Gasteiger partial charge in [0.2, 0.25) is 5.91 Å². The Balaban J connectivity index is 1.20. The number of amides is 1. The number of halogens is 1. The van der Waals surface area contributed by atoms with E-state index < -0.39 is 0 Å². The maximum absolute atomic E-state index is 12.5. The molecule has 0 bridgehead atoms. The molecule has 0 atom stereocenters. The summed E-state index contributed by atoms with van der Waals surface area (Å²) in [5.41, 5.74) is 2.47. The van der Waals surface area contributed by atoms with Crippen molar-refractivity contribution < 1.29 is 13.9 Å². The van der Waals surface area contributed by atoms with Crippen molar-refractivity contribution in [2.24, 2.45) is 0 Å². The number of aryl methyl sites for hydroxylation is 1. The Hall–Kier alpha value is -2.94. The summed E-state index contributed by atoms with van der Waals surface area (Å²) in [4.78, 5) is 23.7. The Kier molecular flexibility index (Phi) is 6.07. The molecule has 164 valence electrons. The number of fused-ring (bicyclic) bond motifs is 1. The van der Waals surface area contributed by atoms with Crippen LogP contribution in [0.4, 0.5) is 10.8 Å². The molecule has 1 amide bonds. The van der Waals surface area contributed by atoms with Gasteiger partial charge in [-0.25, -0.2) is 9.97 Å². The van der Waals surface area contributed by atoms with Gasteiger partial charge in [-0.1, -0.05) is 35.1 Å². The van der Waals surface area contributed by atoms with Crippen LogP contribution < -0.4 is 10.2 Å². The van der Waals surface area contributed by atoms with E-state index in [4.69, 9.17) is 25.7 Å². The smallest absolute Gasteiger partial charge is 0.224 e. The van der Waals surface area contributed by atoms with Gasteiger partial charge < -0.3 is 19.4 Å². The van der Waals surface area contributed by atoms with Gasteiger partial charge in [0.05, 0.1) is 34.6 Å². The second-order valence-corrected chi connectivity index (χ2v) is 8.84. The fraction of sp³-hybridized carbons (Fsp3) is 0.261. The predicted molar refractivity (Wildman–Crippen MR) is 127 cm³/mol. The van der Waals surface area contributed by atoms with Crippen LogP contribution in [-0.2, 0) is 16.0 Å². The minimum Gasteiger partial charge on any atom is -0.441 e. The van der Waals surface area contributed by atoms with Crippen molar-refractivity contribution in [1.82, 2.24) is 9.97 Å². The number of nitrogens with one attached hydrogen (secondary N) is 1. The first-order chi connectivity index (χ1) is 15.7. The van der Waals surface area contributed by atoms with Crippen molar-refractivity contribution in [2.45, 2.75) is 12.8 Å². The largest absolute Gasteiger partial charge is 0.441 e. The molecule has 1 fully saturated rings. The first kappa shape index (κ1) is 20.9. The quantitative estimate of drug-likeness (QED) is 0.428. The lowest BCUT2D eigenvalue weighted by molar-refractivity contribution is -0.116. The third-order valence-corrected chi connectivity index (χ3v) is 6.61. The first-order valence-electron chi connectivity index (χ1n) is 10.4. The minimum absolute atomic E-state index is 0.0974. The number of hydrogen-bond donors (Lipinski definition) is 1. The molecule has 1 N–H and O–H groups in total. The van der Waals surface area contributed by atoms with E-state index in [2.05, 4.69) is 15.2 Å². The zero-order chi connectivity index (χ0) is 21.9. The van der Waals surface area contributed by atoms with E-state index >= 15 is 0 Å². The number of carbonyl (C=O) groups is 1. The molecule has 2 aromatic heterocycles. The highest BCUT2D eigenvalue weighted by molar-refractivity contribution is 7.22. The van der Waals surface area contributed by atoms with E-state index in [0.717, 1.165) is 52.9 Å². The standard InChI is InChI=1S/C23H21ClN4O3S/c24-17-4-2-1-3-16(17)19-14-25-22(31-19)8-7-21(29)26-15-5-6-18-20(13-15)32-23(27-18)28-9-11-30-12-10-28/h1-6,13-14H,7-12H2,(H,26,29). The Labute approximate surface area is 194 Å². The van der Waals surface area contributed by atoms with Crippen LogP contribution in [0.1, 0.15) is 12.3 Å². The highest BCUT2D eigenvalue weighted by Crippen LogP contribution is 2.31. The van der Waals surface area contributed by atoms with Crippen molar-refractivity contribution in [3.8, 4) is 11.3 Å². The number of nitrogens with zero attached hydrogens (tertiary/aromatic N) is 3. The molecule has 4 aromatic rings. The van der Waals surface area contributed by atoms with Crippen molar-refractivity contribution in [1.29, 1.82) is 0 Å². The van der Waals surface area contributed by atoms with Crippen LogP contribution in [0, 0.1) is 0 Å². The average molecular weight is 469 g/mol. The number of hydrogen-bond acceptors (Lipinski definition) is 7. The normalized spacial score (nSPS) is 14.1. The van der Waals surface area contributed by atoms with Gasteiger partial charge in [-0.05, 0) is 30.3 Å². The van der Waals surface area contributed by atoms with Crippen LogP contribution in [0.5, 0.6) is 0 Å². The molecule has 3 heterocycles. The van der Waals surface area contributed by atoms with Gasteiger partial charge in [-0.3, -0.25) is 4.79 Å². The van der Waals surface area contributed by atoms with Gasteiger partial charge in [0.25, 0.3) is 0 Å². The second kappa shape index (κ2) is 9.28. The molecule has 32 heavy (non-hydrogen) atoms. The number of morpholine rings is 1. The van der Waals surface area contributed by atoms with Crippen molar-refractivity contribution >= 4 is 49.9 Å². The van der Waals surface area contributed by atoms with E-state index in [0.29, 0.717) is 23.1 Å². The number of rotatable bonds is 6. The monoisotopic (exact) mass is 468 g/mol. The number of aromatic nitrogens is 2. The summed E-state index contributed by atoms with van der Waals surface area (Å²) in [6.07, 6.45) is 2.31. The lowest BCUT2D eigenvalue weighted by atomic mass is 10.2. The van der Waals surface area contributed by atoms with Crippen LogP contribution >= 0.6 is 22.9 Å². The van der Waals surface area contributed by atoms with Crippen LogP contribution in [-0.4, -0.2) is 42.2 Å². The third kappa shape index (κ3) is 4.62. The van der Waals surface area contributed by atoms with Gasteiger partial charge in [0, 0.05) is 37.2 Å². The summed E-state index contributed by atoms with van der Waals surface area (Å²) in [5.74, 6) is 1.00. The number of oxazole rings is 1. The minimum atomic E-state index is -0.0974. The van der Waals surface area contributed by atoms with Crippen molar-refractivity contribution in [2.75, 3.05) is 36.5 Å². The molecule has 2 aromatic carbocycles. The fourth-order valence-corrected chi connectivity index (χ4v) is 4.82. The molecular weight excluding hydrogens is 448 g/mol. The molecule has 0 radical (unpaired) electrons. The van der Waals surface area contributed by atoms with Gasteiger partial charge in [0.1, 0.15) is 0 Å². The van der Waals surface area contributed by atoms with E-state index in [1.165, 1.54) is 0 Å². The topological polar surface area (TPSA) is 80.5 Å². The average Bonchev–Trinajstić information content (AvgIpc) is 3.45. The Morgan fingerprint density at radius 2 is 2.03 bits per heavy atom. The number of thiazole rings is 1. The van der Waals surface area contributed by atoms with Gasteiger partial charge in [-0.15, -0.1) is 0 Å². The lowest BCUT2D eigenvalue weighted by Gasteiger charge is -2.25. The summed E-state index contributed by atoms with van der Waals surface area (Å²) in [6.45, 7) is 3.15. The molecule has 1 aliphatic rings. The summed E-state index contributed by atoms with van der Waals surface area (Å²) in [5, 5.41) is 4.55. The van der Waals surface area contributed by atoms with Crippen LogP contribution in [0.15, 0.2) is 53.1 Å². The summed E-state index contributed by atoms with van der Waals surface area (Å²) in [7, 11) is 0. The third-order valence-electron chi connectivity index (χ3n) is 5.20. The highest BCUT2D eigenvalue weighted by atomic mass is 35.5. The van der Waals surface area contributed by atoms with Crippen molar-refractivity contribution in [3.63, 3.8) is 0 Å². The Morgan fingerprint density at radius 3 is 2.88 bits per heavy atom. The summed E-state index contributed by atoms with van der Waals surface area (Å²) >= 11 is 7.84. The molecule has 0 spiro atoms. The molecule has 9 heteroatoms. The summed E-state index contributed by atoms with van der Waals surface area (Å²) in [6, 6.07) is 13.2. The first-order valence-corrected chi connectivity index (χ1v) is 11.6. The molecule has 0 saturated carbocycles. The van der Waals surface area contributed by atoms with E-state index in [9.17, 15) is 4.79 Å². The zero-order valence-electron chi connectivity index (χ0n) is 17.2. The van der Waals surface area contributed by atoms with E-state index in [1.807, 2.05) is 36.4 Å². The highest BCUT2D eigenvalue weighted by Gasteiger charge is 2.16. The number of anilines is 2. The number of ether oxygens (including phenoxy) is 1. The van der Waals surface area contributed by atoms with Gasteiger partial charge >= 0.3 is 0 Å². The molecule has 0 aliphatic carbocycles. The predicted octanol–water partition coefficient (Wildman–Crippen LogP) is 5.01. The van der Waals surface area contributed by atoms with Crippen LogP contribution in [0.2, 0.25) is 5.02 Å². The fourth-order valence-electron chi connectivity index (χ4n) is 3.54. The molecule has 5 rings (SSSR count). The van der Waals surface area contributed by atoms with E-state index in [1.54, 1.807) is 23.6 Å². The zero-order valence-corrected chi connectivity index (χ0v) is 18.8. The van der Waals surface area contributed by atoms with E-state index in [-0.39, 0.29) is 12.3 Å². The number of carbonyl (C=O) groups excluding carboxylic acids is 1. The number of benzene rings is 2. The molecule has 1 saturated heterocycles. The lowest BCUT2D eigenvalue weighted by Crippen LogP contribution is -2.36. The SMILES string of the molecule is O=C(CCc1ncc(-c2ccccc2Cl)o1)Nc1ccc2nc(N3CCOCC3)sc2c1. The van der Waals surface area contributed by atoms with Gasteiger partial charge in [-0.2, -0.15) is 0 Å². The molecule has 1 aliphatic heterocycles. The molecule has 7 nitrogen and oxygen atoms in total. The maximum Gasteiger partial charge on any atom is 0.224 e. The Morgan fingerprint density at radius 1 is 1.19 bits per heavy atom. The molecule has 0 unspecified atom stereocenters. The summed E-state index contributed by atoms with van der Waals surface area (Å²) < 4.78 is 12.2. The Bertz CT molecular complexity index is 1250.